The highest BCUT2D eigenvalue weighted by Gasteiger charge is 1.96. The van der Waals surface area contributed by atoms with Gasteiger partial charge in [0.1, 0.15) is 6.61 Å². The zero-order chi connectivity index (χ0) is 7.82. The number of ether oxygens (including phenoxy) is 1. The van der Waals surface area contributed by atoms with E-state index >= 15 is 0 Å². The summed E-state index contributed by atoms with van der Waals surface area (Å²) >= 11 is 0. The van der Waals surface area contributed by atoms with Gasteiger partial charge in [0.15, 0.2) is 0 Å². The first-order chi connectivity index (χ1) is 4.81. The molecule has 56 valence electrons. The van der Waals surface area contributed by atoms with E-state index in [9.17, 15) is 4.79 Å². The van der Waals surface area contributed by atoms with E-state index in [2.05, 4.69) is 4.74 Å². The Morgan fingerprint density at radius 1 is 1.70 bits per heavy atom. The molecule has 0 aromatic rings. The van der Waals surface area contributed by atoms with Crippen LogP contribution >= 0.6 is 0 Å². The Morgan fingerprint density at radius 3 is 2.90 bits per heavy atom. The molecule has 0 radical (unpaired) electrons. The fraction of sp³-hybridized carbons (Fsp3) is 0.667. The molecule has 0 spiro atoms. The zero-order valence-corrected chi connectivity index (χ0v) is 5.54. The summed E-state index contributed by atoms with van der Waals surface area (Å²) in [6, 6.07) is 1.91. The van der Waals surface area contributed by atoms with E-state index in [-0.39, 0.29) is 6.61 Å². The molecular formula is C6H9NO3. The maximum absolute atomic E-state index is 10.2. The van der Waals surface area contributed by atoms with E-state index in [1.165, 1.54) is 0 Å². The van der Waals surface area contributed by atoms with Crippen LogP contribution in [0.4, 0.5) is 0 Å². The molecule has 0 saturated heterocycles. The number of hydrogen-bond acceptors (Lipinski definition) is 4. The van der Waals surface area contributed by atoms with Crippen molar-refractivity contribution in [2.24, 2.45) is 0 Å². The highest BCUT2D eigenvalue weighted by molar-refractivity contribution is 5.70. The fourth-order valence-electron chi connectivity index (χ4n) is 0.383. The monoisotopic (exact) mass is 143 g/mol. The number of hydrogen-bond donors (Lipinski definition) is 1. The molecule has 4 heteroatoms. The van der Waals surface area contributed by atoms with Crippen LogP contribution in [0.5, 0.6) is 0 Å². The molecule has 1 N–H and O–H groups in total. The van der Waals surface area contributed by atoms with Gasteiger partial charge in [0.05, 0.1) is 12.7 Å². The van der Waals surface area contributed by atoms with Gasteiger partial charge in [-0.05, 0) is 6.42 Å². The Bertz CT molecular complexity index is 138. The van der Waals surface area contributed by atoms with Crippen LogP contribution in [0.3, 0.4) is 0 Å². The largest absolute Gasteiger partial charge is 0.464 e. The predicted octanol–water partition coefficient (Wildman–Crippen LogP) is -0.174. The first-order valence-electron chi connectivity index (χ1n) is 2.94. The summed E-state index contributed by atoms with van der Waals surface area (Å²) in [6.45, 7) is -0.375. The standard InChI is InChI=1S/C6H9NO3/c7-3-1-2-4-10-6(9)5-8/h8H,1-2,4-5H2. The van der Waals surface area contributed by atoms with Gasteiger partial charge in [-0.2, -0.15) is 5.26 Å². The Balaban J connectivity index is 3.05. The molecule has 10 heavy (non-hydrogen) atoms. The summed E-state index contributed by atoms with van der Waals surface area (Å²) in [5, 5.41) is 16.2. The first-order valence-corrected chi connectivity index (χ1v) is 2.94. The summed E-state index contributed by atoms with van der Waals surface area (Å²) in [5.74, 6) is -0.641. The molecule has 0 aliphatic carbocycles. The van der Waals surface area contributed by atoms with Crippen LogP contribution in [-0.2, 0) is 9.53 Å². The van der Waals surface area contributed by atoms with Gasteiger partial charge in [-0.25, -0.2) is 4.79 Å². The third-order valence-corrected chi connectivity index (χ3v) is 0.825. The minimum atomic E-state index is -0.641. The predicted molar refractivity (Wildman–Crippen MR) is 32.9 cm³/mol. The molecule has 0 aliphatic rings. The van der Waals surface area contributed by atoms with Gasteiger partial charge in [-0.3, -0.25) is 0 Å². The van der Waals surface area contributed by atoms with Gasteiger partial charge >= 0.3 is 5.97 Å². The molecule has 0 aromatic carbocycles. The van der Waals surface area contributed by atoms with Crippen molar-refractivity contribution < 1.29 is 14.6 Å². The minimum absolute atomic E-state index is 0.215. The van der Waals surface area contributed by atoms with Crippen molar-refractivity contribution in [3.8, 4) is 6.07 Å². The van der Waals surface area contributed by atoms with Crippen LogP contribution in [0.25, 0.3) is 0 Å². The van der Waals surface area contributed by atoms with Crippen LogP contribution in [-0.4, -0.2) is 24.3 Å². The van der Waals surface area contributed by atoms with Crippen molar-refractivity contribution in [2.75, 3.05) is 13.2 Å². The quantitative estimate of drug-likeness (QED) is 0.438. The smallest absolute Gasteiger partial charge is 0.331 e. The SMILES string of the molecule is N#CCCCOC(=O)CO. The summed E-state index contributed by atoms with van der Waals surface area (Å²) in [6.07, 6.45) is 0.904. The van der Waals surface area contributed by atoms with Crippen LogP contribution in [0, 0.1) is 11.3 Å². The summed E-state index contributed by atoms with van der Waals surface area (Å²) in [5.41, 5.74) is 0. The number of aliphatic hydroxyl groups is 1. The first kappa shape index (κ1) is 8.92. The number of aliphatic hydroxyl groups excluding tert-OH is 1. The van der Waals surface area contributed by atoms with E-state index < -0.39 is 12.6 Å². The van der Waals surface area contributed by atoms with Crippen molar-refractivity contribution in [2.45, 2.75) is 12.8 Å². The zero-order valence-electron chi connectivity index (χ0n) is 5.54. The molecule has 0 unspecified atom stereocenters. The second-order valence-electron chi connectivity index (χ2n) is 1.64. The number of carbonyl (C=O) groups excluding carboxylic acids is 1. The fourth-order valence-corrected chi connectivity index (χ4v) is 0.383. The maximum Gasteiger partial charge on any atom is 0.331 e. The number of rotatable bonds is 4. The molecule has 0 atom stereocenters. The average Bonchev–Trinajstić information content (AvgIpc) is 1.98. The third-order valence-electron chi connectivity index (χ3n) is 0.825. The lowest BCUT2D eigenvalue weighted by atomic mass is 10.3. The maximum atomic E-state index is 10.2. The van der Waals surface area contributed by atoms with Gasteiger partial charge in [0, 0.05) is 6.42 Å². The molecular weight excluding hydrogens is 134 g/mol. The molecule has 0 aromatic heterocycles. The Morgan fingerprint density at radius 2 is 2.40 bits per heavy atom. The number of esters is 1. The van der Waals surface area contributed by atoms with Gasteiger partial charge in [0.2, 0.25) is 0 Å². The second kappa shape index (κ2) is 6.05. The molecule has 0 saturated carbocycles. The van der Waals surface area contributed by atoms with Crippen molar-refractivity contribution in [3.63, 3.8) is 0 Å². The average molecular weight is 143 g/mol. The molecule has 0 aliphatic heterocycles. The Labute approximate surface area is 59.0 Å². The minimum Gasteiger partial charge on any atom is -0.464 e. The Hall–Kier alpha value is -1.08. The summed E-state index contributed by atoms with van der Waals surface area (Å²) in [4.78, 5) is 10.2. The lowest BCUT2D eigenvalue weighted by Gasteiger charge is -1.98. The van der Waals surface area contributed by atoms with Crippen molar-refractivity contribution in [3.05, 3.63) is 0 Å². The van der Waals surface area contributed by atoms with Crippen molar-refractivity contribution >= 4 is 5.97 Å². The van der Waals surface area contributed by atoms with E-state index in [1.807, 2.05) is 6.07 Å². The normalized spacial score (nSPS) is 8.40. The summed E-state index contributed by atoms with van der Waals surface area (Å²) in [7, 11) is 0. The van der Waals surface area contributed by atoms with E-state index in [0.29, 0.717) is 12.8 Å². The van der Waals surface area contributed by atoms with Gasteiger partial charge in [-0.1, -0.05) is 0 Å². The highest BCUT2D eigenvalue weighted by Crippen LogP contribution is 1.87. The number of unbranched alkanes of at least 4 members (excludes halogenated alkanes) is 1. The van der Waals surface area contributed by atoms with Crippen molar-refractivity contribution in [1.29, 1.82) is 5.26 Å². The lowest BCUT2D eigenvalue weighted by Crippen LogP contribution is -2.09. The highest BCUT2D eigenvalue weighted by atomic mass is 16.5. The van der Waals surface area contributed by atoms with Crippen LogP contribution < -0.4 is 0 Å². The van der Waals surface area contributed by atoms with E-state index in [4.69, 9.17) is 10.4 Å². The molecule has 0 bridgehead atoms. The topological polar surface area (TPSA) is 70.3 Å². The van der Waals surface area contributed by atoms with Gasteiger partial charge in [-0.15, -0.1) is 0 Å². The molecule has 0 heterocycles. The van der Waals surface area contributed by atoms with Gasteiger partial charge < -0.3 is 9.84 Å². The van der Waals surface area contributed by atoms with E-state index in [1.54, 1.807) is 0 Å². The molecule has 0 rings (SSSR count). The number of nitriles is 1. The third kappa shape index (κ3) is 5.06. The van der Waals surface area contributed by atoms with Crippen LogP contribution in [0.1, 0.15) is 12.8 Å². The van der Waals surface area contributed by atoms with Crippen LogP contribution in [0.2, 0.25) is 0 Å². The van der Waals surface area contributed by atoms with Crippen LogP contribution in [0.15, 0.2) is 0 Å². The summed E-state index contributed by atoms with van der Waals surface area (Å²) < 4.78 is 4.45. The Kier molecular flexibility index (Phi) is 5.39. The molecule has 0 fully saturated rings. The van der Waals surface area contributed by atoms with Crippen molar-refractivity contribution in [1.82, 2.24) is 0 Å². The second-order valence-corrected chi connectivity index (χ2v) is 1.64. The number of nitrogens with zero attached hydrogens (tertiary/aromatic N) is 1. The van der Waals surface area contributed by atoms with Gasteiger partial charge in [0.25, 0.3) is 0 Å². The molecule has 4 nitrogen and oxygen atoms in total. The lowest BCUT2D eigenvalue weighted by molar-refractivity contribution is -0.146. The number of carbonyl (C=O) groups is 1. The molecule has 0 amide bonds. The van der Waals surface area contributed by atoms with E-state index in [0.717, 1.165) is 0 Å².